The standard InChI is InChI=1S/C10H12N/c1-8-6-9-4-2-3-5-10(9)11-7-8/h2-5,8,11H,1,6-7H2. The second-order valence-corrected chi connectivity index (χ2v) is 3.11. The Kier molecular flexibility index (Phi) is 1.57. The average Bonchev–Trinajstić information content (AvgIpc) is 2.04. The molecule has 1 N–H and O–H groups in total. The van der Waals surface area contributed by atoms with Crippen LogP contribution in [0.1, 0.15) is 5.56 Å². The lowest BCUT2D eigenvalue weighted by Crippen LogP contribution is -2.20. The summed E-state index contributed by atoms with van der Waals surface area (Å²) in [5.74, 6) is 0.532. The molecule has 1 aromatic rings. The molecule has 0 saturated heterocycles. The first-order valence-electron chi connectivity index (χ1n) is 4.01. The van der Waals surface area contributed by atoms with E-state index < -0.39 is 0 Å². The molecular weight excluding hydrogens is 134 g/mol. The average molecular weight is 146 g/mol. The number of hydrogen-bond acceptors (Lipinski definition) is 1. The van der Waals surface area contributed by atoms with Crippen LogP contribution in [0.5, 0.6) is 0 Å². The van der Waals surface area contributed by atoms with Crippen LogP contribution in [-0.2, 0) is 6.42 Å². The molecule has 1 unspecified atom stereocenters. The third kappa shape index (κ3) is 1.23. The van der Waals surface area contributed by atoms with E-state index in [9.17, 15) is 0 Å². The fraction of sp³-hybridized carbons (Fsp3) is 0.300. The van der Waals surface area contributed by atoms with Crippen LogP contribution in [-0.4, -0.2) is 6.54 Å². The summed E-state index contributed by atoms with van der Waals surface area (Å²) in [7, 11) is 0. The number of benzene rings is 1. The summed E-state index contributed by atoms with van der Waals surface area (Å²) in [6, 6.07) is 8.44. The molecule has 0 fully saturated rings. The number of para-hydroxylation sites is 1. The van der Waals surface area contributed by atoms with Crippen molar-refractivity contribution in [3.05, 3.63) is 36.8 Å². The Morgan fingerprint density at radius 1 is 1.36 bits per heavy atom. The number of nitrogens with one attached hydrogen (secondary N) is 1. The summed E-state index contributed by atoms with van der Waals surface area (Å²) in [4.78, 5) is 0. The van der Waals surface area contributed by atoms with Gasteiger partial charge in [-0.25, -0.2) is 0 Å². The van der Waals surface area contributed by atoms with Crippen molar-refractivity contribution in [3.8, 4) is 0 Å². The highest BCUT2D eigenvalue weighted by molar-refractivity contribution is 5.53. The van der Waals surface area contributed by atoms with Crippen molar-refractivity contribution in [1.29, 1.82) is 0 Å². The highest BCUT2D eigenvalue weighted by atomic mass is 14.9. The first kappa shape index (κ1) is 6.71. The minimum absolute atomic E-state index is 0.532. The lowest BCUT2D eigenvalue weighted by molar-refractivity contribution is 0.657. The molecule has 0 spiro atoms. The minimum Gasteiger partial charge on any atom is -0.385 e. The van der Waals surface area contributed by atoms with E-state index in [-0.39, 0.29) is 0 Å². The fourth-order valence-electron chi connectivity index (χ4n) is 1.51. The molecule has 0 bridgehead atoms. The molecule has 57 valence electrons. The molecule has 0 saturated carbocycles. The summed E-state index contributed by atoms with van der Waals surface area (Å²) >= 11 is 0. The van der Waals surface area contributed by atoms with E-state index in [1.807, 2.05) is 0 Å². The van der Waals surface area contributed by atoms with Crippen LogP contribution < -0.4 is 5.32 Å². The molecule has 1 aliphatic rings. The molecule has 1 aromatic carbocycles. The Hall–Kier alpha value is -0.980. The summed E-state index contributed by atoms with van der Waals surface area (Å²) in [5, 5.41) is 3.35. The van der Waals surface area contributed by atoms with Gasteiger partial charge < -0.3 is 5.32 Å². The molecule has 0 aliphatic carbocycles. The fourth-order valence-corrected chi connectivity index (χ4v) is 1.51. The van der Waals surface area contributed by atoms with Crippen molar-refractivity contribution >= 4 is 5.69 Å². The van der Waals surface area contributed by atoms with E-state index >= 15 is 0 Å². The van der Waals surface area contributed by atoms with Crippen molar-refractivity contribution < 1.29 is 0 Å². The van der Waals surface area contributed by atoms with Gasteiger partial charge in [-0.05, 0) is 30.9 Å². The van der Waals surface area contributed by atoms with Crippen molar-refractivity contribution in [2.75, 3.05) is 11.9 Å². The highest BCUT2D eigenvalue weighted by Gasteiger charge is 2.12. The smallest absolute Gasteiger partial charge is 0.0372 e. The van der Waals surface area contributed by atoms with Gasteiger partial charge in [0.15, 0.2) is 0 Å². The number of anilines is 1. The number of fused-ring (bicyclic) bond motifs is 1. The van der Waals surface area contributed by atoms with E-state index in [2.05, 4.69) is 36.5 Å². The van der Waals surface area contributed by atoms with E-state index in [1.165, 1.54) is 11.3 Å². The van der Waals surface area contributed by atoms with Crippen molar-refractivity contribution in [2.24, 2.45) is 5.92 Å². The van der Waals surface area contributed by atoms with E-state index in [1.54, 1.807) is 0 Å². The van der Waals surface area contributed by atoms with Crippen LogP contribution in [0.3, 0.4) is 0 Å². The molecule has 1 aliphatic heterocycles. The highest BCUT2D eigenvalue weighted by Crippen LogP contribution is 2.23. The Morgan fingerprint density at radius 2 is 2.18 bits per heavy atom. The Bertz CT molecular complexity index is 255. The molecule has 1 nitrogen and oxygen atoms in total. The van der Waals surface area contributed by atoms with Crippen LogP contribution in [0.15, 0.2) is 24.3 Å². The molecule has 1 radical (unpaired) electrons. The maximum absolute atomic E-state index is 4.03. The summed E-state index contributed by atoms with van der Waals surface area (Å²) in [5.41, 5.74) is 2.69. The van der Waals surface area contributed by atoms with Crippen LogP contribution in [0.2, 0.25) is 0 Å². The zero-order valence-electron chi connectivity index (χ0n) is 6.51. The molecule has 0 amide bonds. The summed E-state index contributed by atoms with van der Waals surface area (Å²) in [6.45, 7) is 5.04. The van der Waals surface area contributed by atoms with E-state index in [0.717, 1.165) is 13.0 Å². The summed E-state index contributed by atoms with van der Waals surface area (Å²) < 4.78 is 0. The predicted octanol–water partition coefficient (Wildman–Crippen LogP) is 2.10. The van der Waals surface area contributed by atoms with Gasteiger partial charge >= 0.3 is 0 Å². The van der Waals surface area contributed by atoms with Gasteiger partial charge in [0.05, 0.1) is 0 Å². The van der Waals surface area contributed by atoms with Gasteiger partial charge in [0.25, 0.3) is 0 Å². The van der Waals surface area contributed by atoms with Crippen molar-refractivity contribution in [1.82, 2.24) is 0 Å². The SMILES string of the molecule is [CH2]C1CNc2ccccc2C1. The second kappa shape index (κ2) is 2.57. The second-order valence-electron chi connectivity index (χ2n) is 3.11. The maximum atomic E-state index is 4.03. The van der Waals surface area contributed by atoms with Gasteiger partial charge in [-0.1, -0.05) is 18.2 Å². The van der Waals surface area contributed by atoms with Crippen LogP contribution in [0, 0.1) is 12.8 Å². The summed E-state index contributed by atoms with van der Waals surface area (Å²) in [6.07, 6.45) is 1.11. The molecule has 11 heavy (non-hydrogen) atoms. The minimum atomic E-state index is 0.532. The van der Waals surface area contributed by atoms with Gasteiger partial charge in [0.2, 0.25) is 0 Å². The van der Waals surface area contributed by atoms with Gasteiger partial charge in [-0.2, -0.15) is 0 Å². The molecular formula is C10H12N. The number of hydrogen-bond donors (Lipinski definition) is 1. The van der Waals surface area contributed by atoms with E-state index in [4.69, 9.17) is 0 Å². The van der Waals surface area contributed by atoms with Crippen molar-refractivity contribution in [3.63, 3.8) is 0 Å². The molecule has 2 rings (SSSR count). The van der Waals surface area contributed by atoms with Crippen LogP contribution >= 0.6 is 0 Å². The number of rotatable bonds is 0. The maximum Gasteiger partial charge on any atom is 0.0372 e. The molecule has 1 atom stereocenters. The monoisotopic (exact) mass is 146 g/mol. The lowest BCUT2D eigenvalue weighted by Gasteiger charge is -2.22. The van der Waals surface area contributed by atoms with Crippen LogP contribution in [0.4, 0.5) is 5.69 Å². The third-order valence-corrected chi connectivity index (χ3v) is 2.11. The molecule has 1 heterocycles. The van der Waals surface area contributed by atoms with Crippen LogP contribution in [0.25, 0.3) is 0 Å². The quantitative estimate of drug-likeness (QED) is 0.591. The largest absolute Gasteiger partial charge is 0.385 e. The van der Waals surface area contributed by atoms with Gasteiger partial charge in [0.1, 0.15) is 0 Å². The van der Waals surface area contributed by atoms with Crippen molar-refractivity contribution in [2.45, 2.75) is 6.42 Å². The zero-order valence-corrected chi connectivity index (χ0v) is 6.51. The Balaban J connectivity index is 2.34. The third-order valence-electron chi connectivity index (χ3n) is 2.11. The predicted molar refractivity (Wildman–Crippen MR) is 47.5 cm³/mol. The van der Waals surface area contributed by atoms with Gasteiger partial charge in [0, 0.05) is 12.2 Å². The Morgan fingerprint density at radius 3 is 3.09 bits per heavy atom. The Labute approximate surface area is 67.4 Å². The van der Waals surface area contributed by atoms with Gasteiger partial charge in [-0.3, -0.25) is 0 Å². The molecule has 1 heteroatoms. The topological polar surface area (TPSA) is 12.0 Å². The normalized spacial score (nSPS) is 22.1. The zero-order chi connectivity index (χ0) is 7.68. The first-order valence-corrected chi connectivity index (χ1v) is 4.01. The molecule has 0 aromatic heterocycles. The first-order chi connectivity index (χ1) is 5.36. The van der Waals surface area contributed by atoms with E-state index in [0.29, 0.717) is 5.92 Å². The van der Waals surface area contributed by atoms with Gasteiger partial charge in [-0.15, -0.1) is 0 Å². The lowest BCUT2D eigenvalue weighted by atomic mass is 9.96.